The van der Waals surface area contributed by atoms with E-state index in [9.17, 15) is 0 Å². The molecule has 1 aromatic heterocycles. The van der Waals surface area contributed by atoms with Gasteiger partial charge in [-0.2, -0.15) is 0 Å². The maximum Gasteiger partial charge on any atom is 0.203 e. The van der Waals surface area contributed by atoms with Crippen LogP contribution in [-0.2, 0) is 7.05 Å². The summed E-state index contributed by atoms with van der Waals surface area (Å²) in [6, 6.07) is 8.88. The van der Waals surface area contributed by atoms with Crippen molar-refractivity contribution >= 4 is 17.0 Å². The summed E-state index contributed by atoms with van der Waals surface area (Å²) in [4.78, 5) is 4.70. The molecule has 3 rings (SSSR count). The van der Waals surface area contributed by atoms with E-state index in [0.717, 1.165) is 23.3 Å². The Kier molecular flexibility index (Phi) is 3.21. The fourth-order valence-electron chi connectivity index (χ4n) is 3.14. The van der Waals surface area contributed by atoms with E-state index in [0.29, 0.717) is 6.04 Å². The van der Waals surface area contributed by atoms with Gasteiger partial charge < -0.3 is 9.88 Å². The van der Waals surface area contributed by atoms with Crippen LogP contribution < -0.4 is 5.32 Å². The first kappa shape index (κ1) is 12.5. The standard InChI is InChI=1S/C16H23N3/c1-11-8-9-13(10-12(11)2)17-16-18-14-6-4-5-7-15(14)19(16)3/h4-7,11-13H,8-10H2,1-3H3,(H,17,18). The third-order valence-corrected chi connectivity index (χ3v) is 4.72. The second-order valence-electron chi connectivity index (χ2n) is 6.09. The minimum Gasteiger partial charge on any atom is -0.353 e. The zero-order chi connectivity index (χ0) is 13.4. The van der Waals surface area contributed by atoms with E-state index in [1.54, 1.807) is 0 Å². The first-order valence-electron chi connectivity index (χ1n) is 7.33. The Bertz CT molecular complexity index is 572. The number of hydrogen-bond acceptors (Lipinski definition) is 2. The molecule has 1 heterocycles. The number of imidazole rings is 1. The molecule has 1 aliphatic rings. The van der Waals surface area contributed by atoms with Crippen molar-refractivity contribution in [3.63, 3.8) is 0 Å². The number of fused-ring (bicyclic) bond motifs is 1. The van der Waals surface area contributed by atoms with E-state index in [1.165, 1.54) is 24.8 Å². The maximum atomic E-state index is 4.70. The Labute approximate surface area is 115 Å². The van der Waals surface area contributed by atoms with Crippen molar-refractivity contribution in [3.8, 4) is 0 Å². The molecule has 3 heteroatoms. The van der Waals surface area contributed by atoms with Gasteiger partial charge in [0.05, 0.1) is 11.0 Å². The third-order valence-electron chi connectivity index (χ3n) is 4.72. The van der Waals surface area contributed by atoms with Crippen LogP contribution >= 0.6 is 0 Å². The van der Waals surface area contributed by atoms with Crippen LogP contribution in [0.25, 0.3) is 11.0 Å². The van der Waals surface area contributed by atoms with Gasteiger partial charge in [-0.05, 0) is 43.2 Å². The predicted octanol–water partition coefficient (Wildman–Crippen LogP) is 3.81. The zero-order valence-electron chi connectivity index (χ0n) is 12.1. The van der Waals surface area contributed by atoms with Gasteiger partial charge in [-0.15, -0.1) is 0 Å². The lowest BCUT2D eigenvalue weighted by molar-refractivity contribution is 0.260. The molecule has 0 aliphatic heterocycles. The molecular formula is C16H23N3. The third kappa shape index (κ3) is 2.34. The van der Waals surface area contributed by atoms with Crippen molar-refractivity contribution < 1.29 is 0 Å². The summed E-state index contributed by atoms with van der Waals surface area (Å²) in [7, 11) is 2.09. The molecular weight excluding hydrogens is 234 g/mol. The number of nitrogens with one attached hydrogen (secondary N) is 1. The maximum absolute atomic E-state index is 4.70. The molecule has 19 heavy (non-hydrogen) atoms. The van der Waals surface area contributed by atoms with E-state index in [2.05, 4.69) is 49.0 Å². The van der Waals surface area contributed by atoms with Gasteiger partial charge >= 0.3 is 0 Å². The highest BCUT2D eigenvalue weighted by atomic mass is 15.2. The Balaban J connectivity index is 1.80. The average molecular weight is 257 g/mol. The molecule has 3 nitrogen and oxygen atoms in total. The summed E-state index contributed by atoms with van der Waals surface area (Å²) in [5.41, 5.74) is 2.27. The lowest BCUT2D eigenvalue weighted by Crippen LogP contribution is -2.31. The molecule has 3 atom stereocenters. The van der Waals surface area contributed by atoms with Gasteiger partial charge in [0, 0.05) is 13.1 Å². The summed E-state index contributed by atoms with van der Waals surface area (Å²) >= 11 is 0. The molecule has 0 spiro atoms. The predicted molar refractivity (Wildman–Crippen MR) is 80.3 cm³/mol. The smallest absolute Gasteiger partial charge is 0.203 e. The second-order valence-corrected chi connectivity index (χ2v) is 6.09. The van der Waals surface area contributed by atoms with Gasteiger partial charge in [-0.1, -0.05) is 26.0 Å². The molecule has 0 bridgehead atoms. The van der Waals surface area contributed by atoms with Crippen molar-refractivity contribution in [3.05, 3.63) is 24.3 Å². The normalized spacial score (nSPS) is 27.6. The minimum atomic E-state index is 0.571. The lowest BCUT2D eigenvalue weighted by atomic mass is 9.79. The molecule has 102 valence electrons. The van der Waals surface area contributed by atoms with Gasteiger partial charge in [0.15, 0.2) is 0 Å². The summed E-state index contributed by atoms with van der Waals surface area (Å²) in [5, 5.41) is 3.64. The largest absolute Gasteiger partial charge is 0.353 e. The molecule has 0 amide bonds. The van der Waals surface area contributed by atoms with E-state index < -0.39 is 0 Å². The highest BCUT2D eigenvalue weighted by molar-refractivity contribution is 5.78. The first-order chi connectivity index (χ1) is 9.15. The van der Waals surface area contributed by atoms with E-state index >= 15 is 0 Å². The second kappa shape index (κ2) is 4.87. The average Bonchev–Trinajstić information content (AvgIpc) is 2.72. The van der Waals surface area contributed by atoms with Crippen LogP contribution in [0.3, 0.4) is 0 Å². The SMILES string of the molecule is CC1CCC(Nc2nc3ccccc3n2C)CC1C. The summed E-state index contributed by atoms with van der Waals surface area (Å²) in [6.45, 7) is 4.74. The first-order valence-corrected chi connectivity index (χ1v) is 7.33. The van der Waals surface area contributed by atoms with Gasteiger partial charge in [-0.25, -0.2) is 4.98 Å². The molecule has 1 aromatic carbocycles. The van der Waals surface area contributed by atoms with Gasteiger partial charge in [0.1, 0.15) is 0 Å². The van der Waals surface area contributed by atoms with Crippen LogP contribution in [0.4, 0.5) is 5.95 Å². The van der Waals surface area contributed by atoms with Crippen LogP contribution in [0.15, 0.2) is 24.3 Å². The Morgan fingerprint density at radius 3 is 2.68 bits per heavy atom. The number of para-hydroxylation sites is 2. The fraction of sp³-hybridized carbons (Fsp3) is 0.562. The van der Waals surface area contributed by atoms with Crippen molar-refractivity contribution in [2.75, 3.05) is 5.32 Å². The van der Waals surface area contributed by atoms with E-state index in [-0.39, 0.29) is 0 Å². The minimum absolute atomic E-state index is 0.571. The topological polar surface area (TPSA) is 29.9 Å². The van der Waals surface area contributed by atoms with Crippen molar-refractivity contribution in [2.45, 2.75) is 39.2 Å². The van der Waals surface area contributed by atoms with E-state index in [1.807, 2.05) is 6.07 Å². The molecule has 1 aliphatic carbocycles. The number of aromatic nitrogens is 2. The Hall–Kier alpha value is -1.51. The highest BCUT2D eigenvalue weighted by Gasteiger charge is 2.25. The number of benzene rings is 1. The monoisotopic (exact) mass is 257 g/mol. The van der Waals surface area contributed by atoms with Gasteiger partial charge in [0.25, 0.3) is 0 Å². The summed E-state index contributed by atoms with van der Waals surface area (Å²) < 4.78 is 2.16. The van der Waals surface area contributed by atoms with Crippen molar-refractivity contribution in [1.29, 1.82) is 0 Å². The van der Waals surface area contributed by atoms with Crippen molar-refractivity contribution in [1.82, 2.24) is 9.55 Å². The highest BCUT2D eigenvalue weighted by Crippen LogP contribution is 2.31. The van der Waals surface area contributed by atoms with Crippen LogP contribution in [0, 0.1) is 11.8 Å². The lowest BCUT2D eigenvalue weighted by Gasteiger charge is -2.32. The number of anilines is 1. The van der Waals surface area contributed by atoms with Crippen LogP contribution in [0.2, 0.25) is 0 Å². The molecule has 1 fully saturated rings. The Morgan fingerprint density at radius 2 is 1.95 bits per heavy atom. The molecule has 2 aromatic rings. The van der Waals surface area contributed by atoms with Crippen LogP contribution in [0.1, 0.15) is 33.1 Å². The molecule has 1 N–H and O–H groups in total. The van der Waals surface area contributed by atoms with Crippen LogP contribution in [0.5, 0.6) is 0 Å². The fourth-order valence-corrected chi connectivity index (χ4v) is 3.14. The number of rotatable bonds is 2. The molecule has 1 saturated carbocycles. The summed E-state index contributed by atoms with van der Waals surface area (Å²) in [6.07, 6.45) is 3.84. The number of nitrogens with zero attached hydrogens (tertiary/aromatic N) is 2. The number of hydrogen-bond donors (Lipinski definition) is 1. The van der Waals surface area contributed by atoms with Gasteiger partial charge in [-0.3, -0.25) is 0 Å². The van der Waals surface area contributed by atoms with Gasteiger partial charge in [0.2, 0.25) is 5.95 Å². The molecule has 0 radical (unpaired) electrons. The van der Waals surface area contributed by atoms with Crippen molar-refractivity contribution in [2.24, 2.45) is 18.9 Å². The Morgan fingerprint density at radius 1 is 1.16 bits per heavy atom. The zero-order valence-corrected chi connectivity index (χ0v) is 12.1. The molecule has 0 saturated heterocycles. The molecule has 3 unspecified atom stereocenters. The number of aryl methyl sites for hydroxylation is 1. The quantitative estimate of drug-likeness (QED) is 0.886. The van der Waals surface area contributed by atoms with Crippen LogP contribution in [-0.4, -0.2) is 15.6 Å². The summed E-state index contributed by atoms with van der Waals surface area (Å²) in [5.74, 6) is 2.67. The van der Waals surface area contributed by atoms with E-state index in [4.69, 9.17) is 4.98 Å².